The van der Waals surface area contributed by atoms with Gasteiger partial charge in [-0.1, -0.05) is 16.8 Å². The minimum absolute atomic E-state index is 0.223. The van der Waals surface area contributed by atoms with Gasteiger partial charge >= 0.3 is 0 Å². The molecule has 1 amide bonds. The number of hydrogen-bond acceptors (Lipinski definition) is 4. The van der Waals surface area contributed by atoms with Crippen molar-refractivity contribution >= 4 is 17.4 Å². The van der Waals surface area contributed by atoms with E-state index in [1.54, 1.807) is 18.2 Å². The van der Waals surface area contributed by atoms with Crippen LogP contribution in [0.25, 0.3) is 0 Å². The summed E-state index contributed by atoms with van der Waals surface area (Å²) >= 11 is 0. The number of aryl methyl sites for hydroxylation is 1. The molecule has 1 aromatic carbocycles. The number of Topliss-reactive ketones (excluding diaryl/α,β-unsaturated/α-hetero) is 1. The van der Waals surface area contributed by atoms with Gasteiger partial charge in [0.05, 0.1) is 24.0 Å². The summed E-state index contributed by atoms with van der Waals surface area (Å²) < 4.78 is 4.96. The lowest BCUT2D eigenvalue weighted by Gasteiger charge is -2.14. The van der Waals surface area contributed by atoms with Gasteiger partial charge in [-0.2, -0.15) is 0 Å². The predicted molar refractivity (Wildman–Crippen MR) is 63.2 cm³/mol. The molecule has 0 N–H and O–H groups in total. The van der Waals surface area contributed by atoms with Crippen LogP contribution in [0.4, 0.5) is 5.69 Å². The van der Waals surface area contributed by atoms with Gasteiger partial charge in [-0.25, -0.2) is 0 Å². The number of benzene rings is 1. The van der Waals surface area contributed by atoms with Gasteiger partial charge in [0.1, 0.15) is 0 Å². The molecule has 5 nitrogen and oxygen atoms in total. The third kappa shape index (κ3) is 1.52. The Kier molecular flexibility index (Phi) is 2.26. The molecule has 0 spiro atoms. The van der Waals surface area contributed by atoms with E-state index < -0.39 is 11.7 Å². The van der Waals surface area contributed by atoms with Gasteiger partial charge in [0.2, 0.25) is 0 Å². The first-order valence-corrected chi connectivity index (χ1v) is 5.53. The molecule has 0 unspecified atom stereocenters. The molecule has 90 valence electrons. The summed E-state index contributed by atoms with van der Waals surface area (Å²) in [5.41, 5.74) is 2.04. The minimum Gasteiger partial charge on any atom is -0.359 e. The molecular formula is C13H10N2O3. The van der Waals surface area contributed by atoms with Crippen molar-refractivity contribution in [2.24, 2.45) is 0 Å². The van der Waals surface area contributed by atoms with E-state index in [2.05, 4.69) is 5.16 Å². The highest BCUT2D eigenvalue weighted by atomic mass is 16.5. The van der Waals surface area contributed by atoms with Crippen molar-refractivity contribution < 1.29 is 14.1 Å². The minimum atomic E-state index is -0.521. The molecule has 1 aliphatic rings. The van der Waals surface area contributed by atoms with Crippen LogP contribution in [0.2, 0.25) is 0 Å². The van der Waals surface area contributed by atoms with Crippen LogP contribution in [0.15, 0.2) is 35.0 Å². The van der Waals surface area contributed by atoms with E-state index in [1.807, 2.05) is 13.0 Å². The van der Waals surface area contributed by atoms with E-state index in [-0.39, 0.29) is 6.54 Å². The molecule has 1 aliphatic heterocycles. The maximum atomic E-state index is 11.9. The van der Waals surface area contributed by atoms with Crippen molar-refractivity contribution in [3.63, 3.8) is 0 Å². The standard InChI is InChI=1S/C13H10N2O3/c1-8-2-3-11-10(6-8)12(16)13(17)15(11)7-9-4-5-14-18-9/h2-6H,7H2,1H3. The van der Waals surface area contributed by atoms with Crippen molar-refractivity contribution in [3.8, 4) is 0 Å². The van der Waals surface area contributed by atoms with Gasteiger partial charge in [0.15, 0.2) is 5.76 Å². The summed E-state index contributed by atoms with van der Waals surface area (Å²) in [6.45, 7) is 2.11. The van der Waals surface area contributed by atoms with Crippen molar-refractivity contribution in [2.75, 3.05) is 4.90 Å². The molecule has 2 aromatic rings. The SMILES string of the molecule is Cc1ccc2c(c1)C(=O)C(=O)N2Cc1ccno1. The fourth-order valence-electron chi connectivity index (χ4n) is 2.05. The summed E-state index contributed by atoms with van der Waals surface area (Å²) in [6.07, 6.45) is 1.51. The lowest BCUT2D eigenvalue weighted by molar-refractivity contribution is -0.114. The second-order valence-electron chi connectivity index (χ2n) is 4.22. The fraction of sp³-hybridized carbons (Fsp3) is 0.154. The van der Waals surface area contributed by atoms with Crippen LogP contribution >= 0.6 is 0 Å². The first-order valence-electron chi connectivity index (χ1n) is 5.53. The molecule has 0 bridgehead atoms. The highest BCUT2D eigenvalue weighted by Gasteiger charge is 2.36. The molecule has 0 saturated carbocycles. The van der Waals surface area contributed by atoms with E-state index in [9.17, 15) is 9.59 Å². The highest BCUT2D eigenvalue weighted by molar-refractivity contribution is 6.52. The summed E-state index contributed by atoms with van der Waals surface area (Å²) in [6, 6.07) is 7.06. The molecular weight excluding hydrogens is 232 g/mol. The molecule has 18 heavy (non-hydrogen) atoms. The maximum Gasteiger partial charge on any atom is 0.299 e. The second kappa shape index (κ2) is 3.80. The van der Waals surface area contributed by atoms with E-state index in [0.29, 0.717) is 17.0 Å². The largest absolute Gasteiger partial charge is 0.359 e. The van der Waals surface area contributed by atoms with Crippen molar-refractivity contribution in [2.45, 2.75) is 13.5 Å². The number of carbonyl (C=O) groups is 2. The number of ketones is 1. The summed E-state index contributed by atoms with van der Waals surface area (Å²) in [7, 11) is 0. The van der Waals surface area contributed by atoms with E-state index in [4.69, 9.17) is 4.52 Å². The number of hydrogen-bond donors (Lipinski definition) is 0. The maximum absolute atomic E-state index is 11.9. The highest BCUT2D eigenvalue weighted by Crippen LogP contribution is 2.30. The quantitative estimate of drug-likeness (QED) is 0.752. The average Bonchev–Trinajstić information content (AvgIpc) is 2.94. The lowest BCUT2D eigenvalue weighted by atomic mass is 10.1. The number of rotatable bonds is 2. The fourth-order valence-corrected chi connectivity index (χ4v) is 2.05. The number of carbonyl (C=O) groups excluding carboxylic acids is 2. The second-order valence-corrected chi connectivity index (χ2v) is 4.22. The molecule has 2 heterocycles. The van der Waals surface area contributed by atoms with Gasteiger partial charge in [0, 0.05) is 6.07 Å². The molecule has 0 saturated heterocycles. The molecule has 3 rings (SSSR count). The summed E-state index contributed by atoms with van der Waals surface area (Å²) in [5.74, 6) is -0.440. The summed E-state index contributed by atoms with van der Waals surface area (Å²) in [5, 5.41) is 3.58. The lowest BCUT2D eigenvalue weighted by Crippen LogP contribution is -2.28. The Hall–Kier alpha value is -2.43. The first-order chi connectivity index (χ1) is 8.66. The monoisotopic (exact) mass is 242 g/mol. The zero-order valence-electron chi connectivity index (χ0n) is 9.71. The van der Waals surface area contributed by atoms with Crippen molar-refractivity contribution in [1.82, 2.24) is 5.16 Å². The van der Waals surface area contributed by atoms with Crippen LogP contribution in [0, 0.1) is 6.92 Å². The average molecular weight is 242 g/mol. The van der Waals surface area contributed by atoms with Crippen LogP contribution in [0.1, 0.15) is 21.7 Å². The van der Waals surface area contributed by atoms with Gasteiger partial charge in [-0.3, -0.25) is 14.5 Å². The number of nitrogens with zero attached hydrogens (tertiary/aromatic N) is 2. The van der Waals surface area contributed by atoms with E-state index in [1.165, 1.54) is 11.1 Å². The number of aromatic nitrogens is 1. The number of fused-ring (bicyclic) bond motifs is 1. The topological polar surface area (TPSA) is 63.4 Å². The third-order valence-corrected chi connectivity index (χ3v) is 2.93. The van der Waals surface area contributed by atoms with Crippen LogP contribution in [0.3, 0.4) is 0 Å². The Balaban J connectivity index is 2.02. The van der Waals surface area contributed by atoms with Crippen molar-refractivity contribution in [1.29, 1.82) is 0 Å². The first kappa shape index (κ1) is 10.7. The predicted octanol–water partition coefficient (Wildman–Crippen LogP) is 1.71. The molecule has 1 aromatic heterocycles. The number of amides is 1. The van der Waals surface area contributed by atoms with Crippen LogP contribution in [-0.4, -0.2) is 16.8 Å². The van der Waals surface area contributed by atoms with E-state index >= 15 is 0 Å². The number of anilines is 1. The molecule has 5 heteroatoms. The van der Waals surface area contributed by atoms with Crippen LogP contribution in [0.5, 0.6) is 0 Å². The van der Waals surface area contributed by atoms with Crippen LogP contribution in [-0.2, 0) is 11.3 Å². The Morgan fingerprint density at radius 3 is 2.83 bits per heavy atom. The van der Waals surface area contributed by atoms with Crippen molar-refractivity contribution in [3.05, 3.63) is 47.3 Å². The van der Waals surface area contributed by atoms with Gasteiger partial charge in [0.25, 0.3) is 11.7 Å². The smallest absolute Gasteiger partial charge is 0.299 e. The summed E-state index contributed by atoms with van der Waals surface area (Å²) in [4.78, 5) is 25.2. The van der Waals surface area contributed by atoms with Crippen LogP contribution < -0.4 is 4.90 Å². The third-order valence-electron chi connectivity index (χ3n) is 2.93. The van der Waals surface area contributed by atoms with Gasteiger partial charge in [-0.15, -0.1) is 0 Å². The Morgan fingerprint density at radius 1 is 1.28 bits per heavy atom. The Morgan fingerprint density at radius 2 is 2.11 bits per heavy atom. The molecule has 0 atom stereocenters. The van der Waals surface area contributed by atoms with Gasteiger partial charge < -0.3 is 4.52 Å². The normalized spacial score (nSPS) is 14.2. The zero-order chi connectivity index (χ0) is 12.7. The van der Waals surface area contributed by atoms with E-state index in [0.717, 1.165) is 5.56 Å². The van der Waals surface area contributed by atoms with Gasteiger partial charge in [-0.05, 0) is 19.1 Å². The molecule has 0 aliphatic carbocycles. The molecule has 0 fully saturated rings. The Bertz CT molecular complexity index is 632. The zero-order valence-corrected chi connectivity index (χ0v) is 9.71. The Labute approximate surface area is 103 Å². The molecule has 0 radical (unpaired) electrons.